The smallest absolute Gasteiger partial charge is 0.157 e. The van der Waals surface area contributed by atoms with Gasteiger partial charge in [-0.3, -0.25) is 0 Å². The van der Waals surface area contributed by atoms with Crippen molar-refractivity contribution >= 4 is 17.3 Å². The van der Waals surface area contributed by atoms with E-state index in [0.717, 1.165) is 41.8 Å². The van der Waals surface area contributed by atoms with E-state index in [0.29, 0.717) is 6.04 Å². The number of aryl methyl sites for hydroxylation is 1. The number of rotatable bonds is 3. The molecule has 0 saturated carbocycles. The van der Waals surface area contributed by atoms with Gasteiger partial charge in [-0.15, -0.1) is 5.10 Å². The van der Waals surface area contributed by atoms with Crippen molar-refractivity contribution in [2.75, 3.05) is 29.9 Å². The van der Waals surface area contributed by atoms with Crippen LogP contribution < -0.4 is 9.80 Å². The highest BCUT2D eigenvalue weighted by molar-refractivity contribution is 5.53. The molecule has 136 valence electrons. The van der Waals surface area contributed by atoms with Crippen molar-refractivity contribution in [1.29, 1.82) is 0 Å². The van der Waals surface area contributed by atoms with Gasteiger partial charge in [0, 0.05) is 43.4 Å². The van der Waals surface area contributed by atoms with E-state index in [4.69, 9.17) is 0 Å². The second kappa shape index (κ2) is 5.93. The summed E-state index contributed by atoms with van der Waals surface area (Å²) in [6, 6.07) is 8.59. The summed E-state index contributed by atoms with van der Waals surface area (Å²) in [5.41, 5.74) is 2.92. The Morgan fingerprint density at radius 3 is 2.54 bits per heavy atom. The summed E-state index contributed by atoms with van der Waals surface area (Å²) in [4.78, 5) is 9.06. The Morgan fingerprint density at radius 2 is 1.88 bits per heavy atom. The largest absolute Gasteiger partial charge is 0.353 e. The van der Waals surface area contributed by atoms with Crippen molar-refractivity contribution in [3.05, 3.63) is 41.9 Å². The summed E-state index contributed by atoms with van der Waals surface area (Å²) in [6.45, 7) is 10.3. The lowest BCUT2D eigenvalue weighted by Gasteiger charge is -2.45. The van der Waals surface area contributed by atoms with Crippen LogP contribution in [0.25, 0.3) is 5.65 Å². The molecular weight excluding hydrogens is 326 g/mol. The topological polar surface area (TPSA) is 62.5 Å². The molecule has 0 N–H and O–H groups in total. The average Bonchev–Trinajstić information content (AvgIpc) is 3.00. The molecule has 1 saturated heterocycles. The standard InChI is InChI=1S/C19H25N7/c1-13-10-18(26-16(21-13)8-9-20-26)24(5)14-11-25(12-14)17-7-6-15(22-23-17)19(2,3)4/h6-10,14H,11-12H2,1-5H3. The molecule has 1 fully saturated rings. The second-order valence-corrected chi connectivity index (χ2v) is 8.05. The van der Waals surface area contributed by atoms with Gasteiger partial charge in [0.2, 0.25) is 0 Å². The van der Waals surface area contributed by atoms with E-state index < -0.39 is 0 Å². The van der Waals surface area contributed by atoms with Crippen LogP contribution in [0.4, 0.5) is 11.6 Å². The molecule has 0 bridgehead atoms. The molecule has 0 atom stereocenters. The first-order valence-corrected chi connectivity index (χ1v) is 8.96. The molecule has 26 heavy (non-hydrogen) atoms. The third-order valence-corrected chi connectivity index (χ3v) is 4.98. The maximum Gasteiger partial charge on any atom is 0.157 e. The lowest BCUT2D eigenvalue weighted by molar-refractivity contribution is 0.482. The van der Waals surface area contributed by atoms with Crippen molar-refractivity contribution in [3.8, 4) is 0 Å². The predicted octanol–water partition coefficient (Wildman–Crippen LogP) is 2.45. The number of hydrogen-bond donors (Lipinski definition) is 0. The van der Waals surface area contributed by atoms with E-state index in [2.05, 4.69) is 76.1 Å². The van der Waals surface area contributed by atoms with Crippen molar-refractivity contribution in [2.24, 2.45) is 0 Å². The van der Waals surface area contributed by atoms with Gasteiger partial charge in [0.15, 0.2) is 11.5 Å². The van der Waals surface area contributed by atoms with Gasteiger partial charge in [-0.25, -0.2) is 4.98 Å². The number of nitrogens with zero attached hydrogens (tertiary/aromatic N) is 7. The van der Waals surface area contributed by atoms with Crippen LogP contribution >= 0.6 is 0 Å². The van der Waals surface area contributed by atoms with E-state index in [1.165, 1.54) is 0 Å². The van der Waals surface area contributed by atoms with E-state index in [-0.39, 0.29) is 5.41 Å². The molecule has 0 radical (unpaired) electrons. The Bertz CT molecular complexity index is 917. The van der Waals surface area contributed by atoms with Crippen LogP contribution in [0, 0.1) is 6.92 Å². The Kier molecular flexibility index (Phi) is 3.82. The number of hydrogen-bond acceptors (Lipinski definition) is 6. The molecule has 0 spiro atoms. The van der Waals surface area contributed by atoms with Gasteiger partial charge in [-0.1, -0.05) is 20.8 Å². The first kappa shape index (κ1) is 16.8. The minimum Gasteiger partial charge on any atom is -0.353 e. The van der Waals surface area contributed by atoms with Gasteiger partial charge in [-0.2, -0.15) is 14.7 Å². The highest BCUT2D eigenvalue weighted by Crippen LogP contribution is 2.27. The molecule has 0 aromatic carbocycles. The minimum atomic E-state index is 0.0254. The quantitative estimate of drug-likeness (QED) is 0.722. The first-order chi connectivity index (χ1) is 12.3. The third-order valence-electron chi connectivity index (χ3n) is 4.98. The zero-order chi connectivity index (χ0) is 18.5. The lowest BCUT2D eigenvalue weighted by Crippen LogP contribution is -2.59. The minimum absolute atomic E-state index is 0.0254. The van der Waals surface area contributed by atoms with Crippen LogP contribution in [0.3, 0.4) is 0 Å². The highest BCUT2D eigenvalue weighted by Gasteiger charge is 2.32. The molecule has 7 heteroatoms. The Morgan fingerprint density at radius 1 is 1.12 bits per heavy atom. The zero-order valence-electron chi connectivity index (χ0n) is 16.0. The SMILES string of the molecule is Cc1cc(N(C)C2CN(c3ccc(C(C)(C)C)nn3)C2)n2nccc2n1. The lowest BCUT2D eigenvalue weighted by atomic mass is 9.92. The first-order valence-electron chi connectivity index (χ1n) is 8.96. The molecule has 4 rings (SSSR count). The van der Waals surface area contributed by atoms with Crippen LogP contribution in [-0.4, -0.2) is 51.0 Å². The Hall–Kier alpha value is -2.70. The summed E-state index contributed by atoms with van der Waals surface area (Å²) in [5, 5.41) is 13.2. The van der Waals surface area contributed by atoms with Gasteiger partial charge < -0.3 is 9.80 Å². The maximum atomic E-state index is 4.52. The van der Waals surface area contributed by atoms with Crippen LogP contribution in [0.5, 0.6) is 0 Å². The van der Waals surface area contributed by atoms with Crippen molar-refractivity contribution in [2.45, 2.75) is 39.2 Å². The van der Waals surface area contributed by atoms with Gasteiger partial charge in [-0.05, 0) is 19.1 Å². The maximum absolute atomic E-state index is 4.52. The van der Waals surface area contributed by atoms with Crippen LogP contribution in [0.15, 0.2) is 30.5 Å². The molecule has 7 nitrogen and oxygen atoms in total. The van der Waals surface area contributed by atoms with Crippen LogP contribution in [0.2, 0.25) is 0 Å². The van der Waals surface area contributed by atoms with E-state index in [1.54, 1.807) is 6.20 Å². The third kappa shape index (κ3) is 2.87. The molecule has 0 amide bonds. The van der Waals surface area contributed by atoms with E-state index in [9.17, 15) is 0 Å². The normalized spacial score (nSPS) is 15.3. The highest BCUT2D eigenvalue weighted by atomic mass is 15.4. The summed E-state index contributed by atoms with van der Waals surface area (Å²) < 4.78 is 1.90. The predicted molar refractivity (Wildman–Crippen MR) is 103 cm³/mol. The van der Waals surface area contributed by atoms with Crippen molar-refractivity contribution in [1.82, 2.24) is 24.8 Å². The molecule has 0 unspecified atom stereocenters. The second-order valence-electron chi connectivity index (χ2n) is 8.05. The fourth-order valence-corrected chi connectivity index (χ4v) is 3.24. The van der Waals surface area contributed by atoms with E-state index in [1.807, 2.05) is 17.5 Å². The summed E-state index contributed by atoms with van der Waals surface area (Å²) in [6.07, 6.45) is 1.79. The number of fused-ring (bicyclic) bond motifs is 1. The van der Waals surface area contributed by atoms with Crippen LogP contribution in [0.1, 0.15) is 32.2 Å². The molecule has 3 aromatic heterocycles. The molecule has 3 aromatic rings. The fourth-order valence-electron chi connectivity index (χ4n) is 3.24. The van der Waals surface area contributed by atoms with Gasteiger partial charge >= 0.3 is 0 Å². The number of likely N-dealkylation sites (N-methyl/N-ethyl adjacent to an activating group) is 1. The summed E-state index contributed by atoms with van der Waals surface area (Å²) in [5.74, 6) is 2.01. The van der Waals surface area contributed by atoms with E-state index >= 15 is 0 Å². The fraction of sp³-hybridized carbons (Fsp3) is 0.474. The Balaban J connectivity index is 1.48. The van der Waals surface area contributed by atoms with Crippen LogP contribution in [-0.2, 0) is 5.41 Å². The molecule has 4 heterocycles. The molecular formula is C19H25N7. The zero-order valence-corrected chi connectivity index (χ0v) is 16.0. The number of aromatic nitrogens is 5. The summed E-state index contributed by atoms with van der Waals surface area (Å²) in [7, 11) is 2.12. The van der Waals surface area contributed by atoms with Crippen molar-refractivity contribution in [3.63, 3.8) is 0 Å². The molecule has 1 aliphatic rings. The van der Waals surface area contributed by atoms with Gasteiger partial charge in [0.25, 0.3) is 0 Å². The molecule has 0 aliphatic carbocycles. The monoisotopic (exact) mass is 351 g/mol. The molecule has 1 aliphatic heterocycles. The number of anilines is 2. The summed E-state index contributed by atoms with van der Waals surface area (Å²) >= 11 is 0. The Labute approximate surface area is 153 Å². The average molecular weight is 351 g/mol. The van der Waals surface area contributed by atoms with Gasteiger partial charge in [0.1, 0.15) is 5.82 Å². The van der Waals surface area contributed by atoms with Crippen molar-refractivity contribution < 1.29 is 0 Å². The van der Waals surface area contributed by atoms with Gasteiger partial charge in [0.05, 0.1) is 17.9 Å².